The number of hydrogen-bond donors (Lipinski definition) is 0. The molecule has 0 saturated heterocycles. The van der Waals surface area contributed by atoms with Crippen LogP contribution in [0.5, 0.6) is 5.75 Å². The fourth-order valence-corrected chi connectivity index (χ4v) is 3.05. The molecule has 0 fully saturated rings. The molecule has 0 N–H and O–H groups in total. The maximum atomic E-state index is 6.23. The van der Waals surface area contributed by atoms with Gasteiger partial charge in [0, 0.05) is 23.5 Å². The number of fused-ring (bicyclic) bond motifs is 1. The molecule has 0 aliphatic carbocycles. The number of nitrogens with zero attached hydrogens (tertiary/aromatic N) is 3. The van der Waals surface area contributed by atoms with Gasteiger partial charge in [-0.3, -0.25) is 0 Å². The van der Waals surface area contributed by atoms with Crippen LogP contribution in [0.4, 0.5) is 5.82 Å². The minimum atomic E-state index is 0.657. The summed E-state index contributed by atoms with van der Waals surface area (Å²) in [6.07, 6.45) is 3.84. The van der Waals surface area contributed by atoms with Crippen LogP contribution in [0.1, 0.15) is 25.2 Å². The van der Waals surface area contributed by atoms with Crippen molar-refractivity contribution in [3.63, 3.8) is 0 Å². The highest BCUT2D eigenvalue weighted by atomic mass is 35.5. The average Bonchev–Trinajstić information content (AvgIpc) is 2.68. The molecule has 0 radical (unpaired) electrons. The summed E-state index contributed by atoms with van der Waals surface area (Å²) >= 11 is 6.23. The van der Waals surface area contributed by atoms with Gasteiger partial charge in [-0.1, -0.05) is 29.8 Å². The van der Waals surface area contributed by atoms with Gasteiger partial charge < -0.3 is 9.64 Å². The van der Waals surface area contributed by atoms with Crippen molar-refractivity contribution >= 4 is 40.5 Å². The van der Waals surface area contributed by atoms with Crippen LogP contribution in [0.25, 0.3) is 23.1 Å². The zero-order valence-electron chi connectivity index (χ0n) is 15.2. The Labute approximate surface area is 159 Å². The van der Waals surface area contributed by atoms with E-state index in [0.717, 1.165) is 41.1 Å². The van der Waals surface area contributed by atoms with Crippen molar-refractivity contribution < 1.29 is 4.74 Å². The number of methoxy groups -OCH3 is 1. The van der Waals surface area contributed by atoms with Crippen LogP contribution in [-0.2, 0) is 0 Å². The largest absolute Gasteiger partial charge is 0.497 e. The Hall–Kier alpha value is -2.59. The lowest BCUT2D eigenvalue weighted by Crippen LogP contribution is -2.23. The summed E-state index contributed by atoms with van der Waals surface area (Å²) in [4.78, 5) is 11.7. The molecule has 0 spiro atoms. The Morgan fingerprint density at radius 1 is 1.04 bits per heavy atom. The number of rotatable bonds is 6. The van der Waals surface area contributed by atoms with E-state index in [1.54, 1.807) is 7.11 Å². The quantitative estimate of drug-likeness (QED) is 0.591. The van der Waals surface area contributed by atoms with Gasteiger partial charge in [-0.25, -0.2) is 9.97 Å². The lowest BCUT2D eigenvalue weighted by molar-refractivity contribution is 0.415. The van der Waals surface area contributed by atoms with E-state index in [1.807, 2.05) is 54.6 Å². The first-order chi connectivity index (χ1) is 12.7. The van der Waals surface area contributed by atoms with Crippen molar-refractivity contribution in [3.8, 4) is 5.75 Å². The fourth-order valence-electron chi connectivity index (χ4n) is 2.85. The zero-order valence-corrected chi connectivity index (χ0v) is 16.0. The van der Waals surface area contributed by atoms with Gasteiger partial charge in [0.15, 0.2) is 5.82 Å². The molecule has 2 aromatic carbocycles. The molecule has 0 amide bonds. The molecule has 0 unspecified atom stereocenters. The maximum Gasteiger partial charge on any atom is 0.154 e. The molecule has 26 heavy (non-hydrogen) atoms. The third-order valence-electron chi connectivity index (χ3n) is 4.28. The van der Waals surface area contributed by atoms with Crippen LogP contribution in [0.3, 0.4) is 0 Å². The van der Waals surface area contributed by atoms with Crippen LogP contribution in [0.2, 0.25) is 5.02 Å². The summed E-state index contributed by atoms with van der Waals surface area (Å²) in [6, 6.07) is 13.6. The molecule has 0 aliphatic rings. The molecular formula is C21H22ClN3O. The van der Waals surface area contributed by atoms with Gasteiger partial charge in [0.2, 0.25) is 0 Å². The molecule has 4 nitrogen and oxygen atoms in total. The highest BCUT2D eigenvalue weighted by molar-refractivity contribution is 6.32. The summed E-state index contributed by atoms with van der Waals surface area (Å²) < 4.78 is 5.37. The fraction of sp³-hybridized carbons (Fsp3) is 0.238. The number of ether oxygens (including phenoxy) is 1. The van der Waals surface area contributed by atoms with Crippen LogP contribution < -0.4 is 9.64 Å². The van der Waals surface area contributed by atoms with E-state index in [1.165, 1.54) is 0 Å². The summed E-state index contributed by atoms with van der Waals surface area (Å²) in [5.74, 6) is 2.37. The molecule has 1 aromatic heterocycles. The van der Waals surface area contributed by atoms with E-state index in [2.05, 4.69) is 23.7 Å². The van der Waals surface area contributed by atoms with Crippen molar-refractivity contribution in [2.75, 3.05) is 25.1 Å². The van der Waals surface area contributed by atoms with Crippen molar-refractivity contribution in [2.45, 2.75) is 13.8 Å². The Kier molecular flexibility index (Phi) is 5.74. The predicted octanol–water partition coefficient (Wildman–Crippen LogP) is 5.31. The van der Waals surface area contributed by atoms with Crippen LogP contribution in [0, 0.1) is 0 Å². The monoisotopic (exact) mass is 367 g/mol. The lowest BCUT2D eigenvalue weighted by Gasteiger charge is -2.22. The molecular weight excluding hydrogens is 346 g/mol. The van der Waals surface area contributed by atoms with Gasteiger partial charge in [-0.05, 0) is 55.8 Å². The minimum Gasteiger partial charge on any atom is -0.497 e. The van der Waals surface area contributed by atoms with Crippen molar-refractivity contribution in [1.82, 2.24) is 9.97 Å². The summed E-state index contributed by atoms with van der Waals surface area (Å²) in [5, 5.41) is 1.70. The number of benzene rings is 2. The van der Waals surface area contributed by atoms with Gasteiger partial charge in [0.1, 0.15) is 11.6 Å². The first-order valence-electron chi connectivity index (χ1n) is 8.69. The second kappa shape index (κ2) is 8.19. The molecule has 3 rings (SSSR count). The standard InChI is InChI=1S/C21H22ClN3O/c1-4-25(5-2)21-17-14-16(26-3)11-12-19(17)23-20(24-21)13-10-15-8-6-7-9-18(15)22/h6-14H,4-5H2,1-3H3. The molecule has 134 valence electrons. The number of hydrogen-bond acceptors (Lipinski definition) is 4. The second-order valence-electron chi connectivity index (χ2n) is 5.82. The maximum absolute atomic E-state index is 6.23. The molecule has 0 atom stereocenters. The molecule has 1 heterocycles. The van der Waals surface area contributed by atoms with E-state index in [9.17, 15) is 0 Å². The van der Waals surface area contributed by atoms with Crippen molar-refractivity contribution in [2.24, 2.45) is 0 Å². The van der Waals surface area contributed by atoms with E-state index >= 15 is 0 Å². The van der Waals surface area contributed by atoms with E-state index in [0.29, 0.717) is 10.8 Å². The Morgan fingerprint density at radius 3 is 2.50 bits per heavy atom. The molecule has 0 saturated carbocycles. The molecule has 3 aromatic rings. The lowest BCUT2D eigenvalue weighted by atomic mass is 10.2. The Morgan fingerprint density at radius 2 is 1.81 bits per heavy atom. The van der Waals surface area contributed by atoms with Crippen LogP contribution in [-0.4, -0.2) is 30.2 Å². The average molecular weight is 368 g/mol. The highest BCUT2D eigenvalue weighted by Gasteiger charge is 2.12. The summed E-state index contributed by atoms with van der Waals surface area (Å²) in [7, 11) is 1.67. The van der Waals surface area contributed by atoms with Gasteiger partial charge in [0.05, 0.1) is 12.6 Å². The predicted molar refractivity (Wildman–Crippen MR) is 110 cm³/mol. The molecule has 0 aliphatic heterocycles. The van der Waals surface area contributed by atoms with Gasteiger partial charge >= 0.3 is 0 Å². The van der Waals surface area contributed by atoms with Crippen molar-refractivity contribution in [1.29, 1.82) is 0 Å². The smallest absolute Gasteiger partial charge is 0.154 e. The number of aromatic nitrogens is 2. The van der Waals surface area contributed by atoms with Gasteiger partial charge in [0.25, 0.3) is 0 Å². The SMILES string of the molecule is CCN(CC)c1nc(C=Cc2ccccc2Cl)nc2ccc(OC)cc12. The van der Waals surface area contributed by atoms with Gasteiger partial charge in [-0.15, -0.1) is 0 Å². The molecule has 5 heteroatoms. The highest BCUT2D eigenvalue weighted by Crippen LogP contribution is 2.28. The first-order valence-corrected chi connectivity index (χ1v) is 9.07. The normalized spacial score (nSPS) is 11.2. The minimum absolute atomic E-state index is 0.657. The van der Waals surface area contributed by atoms with E-state index in [4.69, 9.17) is 21.3 Å². The molecule has 0 bridgehead atoms. The number of halogens is 1. The first kappa shape index (κ1) is 18.2. The second-order valence-corrected chi connectivity index (χ2v) is 6.22. The Balaban J connectivity index is 2.10. The topological polar surface area (TPSA) is 38.2 Å². The number of anilines is 1. The third kappa shape index (κ3) is 3.81. The van der Waals surface area contributed by atoms with Gasteiger partial charge in [-0.2, -0.15) is 0 Å². The summed E-state index contributed by atoms with van der Waals surface area (Å²) in [5.41, 5.74) is 1.83. The van der Waals surface area contributed by atoms with Crippen molar-refractivity contribution in [3.05, 3.63) is 58.9 Å². The van der Waals surface area contributed by atoms with Crippen LogP contribution >= 0.6 is 11.6 Å². The third-order valence-corrected chi connectivity index (χ3v) is 4.62. The van der Waals surface area contributed by atoms with E-state index in [-0.39, 0.29) is 0 Å². The summed E-state index contributed by atoms with van der Waals surface area (Å²) in [6.45, 7) is 5.98. The zero-order chi connectivity index (χ0) is 18.5. The van der Waals surface area contributed by atoms with E-state index < -0.39 is 0 Å². The Bertz CT molecular complexity index is 936. The van der Waals surface area contributed by atoms with Crippen LogP contribution in [0.15, 0.2) is 42.5 Å².